The smallest absolute Gasteiger partial charge is 0.326 e. The normalized spacial score (nSPS) is 14.7. The maximum absolute atomic E-state index is 10.9. The van der Waals surface area contributed by atoms with Gasteiger partial charge < -0.3 is 20.9 Å². The van der Waals surface area contributed by atoms with Crippen LogP contribution in [-0.2, 0) is 11.2 Å². The number of nitrogens with one attached hydrogen (secondary N) is 1. The van der Waals surface area contributed by atoms with E-state index in [4.69, 9.17) is 15.9 Å². The molecule has 0 spiro atoms. The van der Waals surface area contributed by atoms with Crippen molar-refractivity contribution in [2.24, 2.45) is 5.73 Å². The Morgan fingerprint density at radius 2 is 2.18 bits per heavy atom. The molecule has 0 radical (unpaired) electrons. The van der Waals surface area contributed by atoms with E-state index in [1.165, 1.54) is 0 Å². The SMILES string of the molecule is NC(CO)(Cc1nc2ccccc2[nH]1)C(=O)O. The fourth-order valence-corrected chi connectivity index (χ4v) is 1.59. The van der Waals surface area contributed by atoms with E-state index in [2.05, 4.69) is 9.97 Å². The first-order chi connectivity index (χ1) is 8.05. The van der Waals surface area contributed by atoms with E-state index in [1.54, 1.807) is 0 Å². The molecule has 0 aliphatic heterocycles. The number of nitrogens with zero attached hydrogens (tertiary/aromatic N) is 1. The number of para-hydroxylation sites is 2. The van der Waals surface area contributed by atoms with Gasteiger partial charge in [-0.2, -0.15) is 0 Å². The van der Waals surface area contributed by atoms with Crippen LogP contribution in [0.4, 0.5) is 0 Å². The van der Waals surface area contributed by atoms with Crippen molar-refractivity contribution in [3.63, 3.8) is 0 Å². The molecule has 6 heteroatoms. The van der Waals surface area contributed by atoms with E-state index >= 15 is 0 Å². The van der Waals surface area contributed by atoms with Crippen LogP contribution in [0.1, 0.15) is 5.82 Å². The van der Waals surface area contributed by atoms with Crippen LogP contribution < -0.4 is 5.73 Å². The Balaban J connectivity index is 2.32. The minimum Gasteiger partial charge on any atom is -0.480 e. The topological polar surface area (TPSA) is 112 Å². The van der Waals surface area contributed by atoms with E-state index < -0.39 is 18.1 Å². The fourth-order valence-electron chi connectivity index (χ4n) is 1.59. The second kappa shape index (κ2) is 4.15. The molecule has 0 fully saturated rings. The quantitative estimate of drug-likeness (QED) is 0.590. The number of benzene rings is 1. The van der Waals surface area contributed by atoms with Crippen LogP contribution in [0, 0.1) is 0 Å². The summed E-state index contributed by atoms with van der Waals surface area (Å²) in [5.74, 6) is -0.800. The van der Waals surface area contributed by atoms with E-state index in [-0.39, 0.29) is 6.42 Å². The van der Waals surface area contributed by atoms with Gasteiger partial charge in [-0.15, -0.1) is 0 Å². The van der Waals surface area contributed by atoms with E-state index in [1.807, 2.05) is 24.3 Å². The van der Waals surface area contributed by atoms with Crippen molar-refractivity contribution in [3.8, 4) is 0 Å². The molecule has 1 aromatic carbocycles. The molecule has 1 heterocycles. The number of carbonyl (C=O) groups is 1. The Bertz CT molecular complexity index is 519. The predicted octanol–water partition coefficient (Wildman–Crippen LogP) is -0.120. The number of carboxylic acids is 1. The average Bonchev–Trinajstić information content (AvgIpc) is 2.70. The lowest BCUT2D eigenvalue weighted by Crippen LogP contribution is -2.53. The lowest BCUT2D eigenvalue weighted by Gasteiger charge is -2.20. The van der Waals surface area contributed by atoms with E-state index in [0.717, 1.165) is 11.0 Å². The summed E-state index contributed by atoms with van der Waals surface area (Å²) in [6, 6.07) is 7.34. The molecule has 0 amide bonds. The van der Waals surface area contributed by atoms with Gasteiger partial charge in [-0.25, -0.2) is 4.98 Å². The van der Waals surface area contributed by atoms with Gasteiger partial charge >= 0.3 is 5.97 Å². The fraction of sp³-hybridized carbons (Fsp3) is 0.273. The molecule has 0 saturated carbocycles. The molecule has 6 nitrogen and oxygen atoms in total. The summed E-state index contributed by atoms with van der Waals surface area (Å²) >= 11 is 0. The summed E-state index contributed by atoms with van der Waals surface area (Å²) in [7, 11) is 0. The molecule has 0 saturated heterocycles. The number of aromatic nitrogens is 2. The highest BCUT2D eigenvalue weighted by atomic mass is 16.4. The van der Waals surface area contributed by atoms with Crippen molar-refractivity contribution in [1.29, 1.82) is 0 Å². The van der Waals surface area contributed by atoms with Crippen molar-refractivity contribution in [2.75, 3.05) is 6.61 Å². The molecule has 0 aliphatic carbocycles. The van der Waals surface area contributed by atoms with Crippen LogP contribution in [0.5, 0.6) is 0 Å². The molecule has 1 unspecified atom stereocenters. The highest BCUT2D eigenvalue weighted by Crippen LogP contribution is 2.14. The van der Waals surface area contributed by atoms with Crippen molar-refractivity contribution < 1.29 is 15.0 Å². The molecule has 90 valence electrons. The number of aliphatic hydroxyl groups is 1. The lowest BCUT2D eigenvalue weighted by molar-refractivity contribution is -0.144. The van der Waals surface area contributed by atoms with Gasteiger partial charge in [0.15, 0.2) is 0 Å². The van der Waals surface area contributed by atoms with Gasteiger partial charge in [0, 0.05) is 6.42 Å². The van der Waals surface area contributed by atoms with E-state index in [9.17, 15) is 4.79 Å². The summed E-state index contributed by atoms with van der Waals surface area (Å²) in [6.07, 6.45) is -0.0481. The highest BCUT2D eigenvalue weighted by molar-refractivity contribution is 5.79. The van der Waals surface area contributed by atoms with Crippen molar-refractivity contribution in [3.05, 3.63) is 30.1 Å². The summed E-state index contributed by atoms with van der Waals surface area (Å²) in [5, 5.41) is 18.0. The number of imidazole rings is 1. The third-order valence-electron chi connectivity index (χ3n) is 2.63. The largest absolute Gasteiger partial charge is 0.480 e. The Morgan fingerprint density at radius 3 is 2.76 bits per heavy atom. The van der Waals surface area contributed by atoms with Crippen molar-refractivity contribution >= 4 is 17.0 Å². The van der Waals surface area contributed by atoms with Crippen LogP contribution in [0.25, 0.3) is 11.0 Å². The molecule has 1 aromatic heterocycles. The lowest BCUT2D eigenvalue weighted by atomic mass is 9.98. The van der Waals surface area contributed by atoms with Gasteiger partial charge in [0.25, 0.3) is 0 Å². The molecule has 5 N–H and O–H groups in total. The molecular weight excluding hydrogens is 222 g/mol. The Labute approximate surface area is 97.1 Å². The summed E-state index contributed by atoms with van der Waals surface area (Å²) in [4.78, 5) is 18.1. The molecule has 17 heavy (non-hydrogen) atoms. The first-order valence-electron chi connectivity index (χ1n) is 5.12. The zero-order chi connectivity index (χ0) is 12.5. The Hall–Kier alpha value is -1.92. The first-order valence-corrected chi connectivity index (χ1v) is 5.12. The number of rotatable bonds is 4. The monoisotopic (exact) mass is 235 g/mol. The maximum Gasteiger partial charge on any atom is 0.326 e. The number of hydrogen-bond donors (Lipinski definition) is 4. The molecule has 2 rings (SSSR count). The zero-order valence-corrected chi connectivity index (χ0v) is 9.05. The summed E-state index contributed by atoms with van der Waals surface area (Å²) in [6.45, 7) is -0.640. The van der Waals surface area contributed by atoms with Crippen molar-refractivity contribution in [2.45, 2.75) is 12.0 Å². The van der Waals surface area contributed by atoms with Gasteiger partial charge in [0.05, 0.1) is 17.6 Å². The van der Waals surface area contributed by atoms with E-state index in [0.29, 0.717) is 5.82 Å². The summed E-state index contributed by atoms with van der Waals surface area (Å²) < 4.78 is 0. The number of nitrogens with two attached hydrogens (primary N) is 1. The first kappa shape index (κ1) is 11.6. The second-order valence-corrected chi connectivity index (χ2v) is 4.00. The Kier molecular flexibility index (Phi) is 2.83. The van der Waals surface area contributed by atoms with Gasteiger partial charge in [0.1, 0.15) is 11.4 Å². The minimum atomic E-state index is -1.70. The number of hydrogen-bond acceptors (Lipinski definition) is 4. The summed E-state index contributed by atoms with van der Waals surface area (Å²) in [5.41, 5.74) is 5.44. The number of aliphatic hydroxyl groups excluding tert-OH is 1. The molecular formula is C11H13N3O3. The van der Waals surface area contributed by atoms with Gasteiger partial charge in [0.2, 0.25) is 0 Å². The van der Waals surface area contributed by atoms with Gasteiger partial charge in [-0.1, -0.05) is 12.1 Å². The van der Waals surface area contributed by atoms with Gasteiger partial charge in [-0.3, -0.25) is 4.79 Å². The minimum absolute atomic E-state index is 0.0481. The zero-order valence-electron chi connectivity index (χ0n) is 9.05. The van der Waals surface area contributed by atoms with Crippen LogP contribution >= 0.6 is 0 Å². The van der Waals surface area contributed by atoms with Gasteiger partial charge in [-0.05, 0) is 12.1 Å². The predicted molar refractivity (Wildman–Crippen MR) is 61.4 cm³/mol. The number of fused-ring (bicyclic) bond motifs is 1. The maximum atomic E-state index is 10.9. The number of aromatic amines is 1. The van der Waals surface area contributed by atoms with Crippen LogP contribution in [0.2, 0.25) is 0 Å². The molecule has 0 aliphatic rings. The van der Waals surface area contributed by atoms with Crippen molar-refractivity contribution in [1.82, 2.24) is 9.97 Å². The number of H-pyrrole nitrogens is 1. The van der Waals surface area contributed by atoms with Crippen LogP contribution in [-0.4, -0.2) is 38.3 Å². The highest BCUT2D eigenvalue weighted by Gasteiger charge is 2.34. The standard InChI is InChI=1S/C11H13N3O3/c12-11(6-15,10(16)17)5-9-13-7-3-1-2-4-8(7)14-9/h1-4,15H,5-6,12H2,(H,13,14)(H,16,17). The second-order valence-electron chi connectivity index (χ2n) is 4.00. The third-order valence-corrected chi connectivity index (χ3v) is 2.63. The van der Waals surface area contributed by atoms with Crippen LogP contribution in [0.15, 0.2) is 24.3 Å². The average molecular weight is 235 g/mol. The number of aliphatic carboxylic acids is 1. The number of carboxylic acid groups (broad SMARTS) is 1. The molecule has 1 atom stereocenters. The molecule has 0 bridgehead atoms. The van der Waals surface area contributed by atoms with Crippen LogP contribution in [0.3, 0.4) is 0 Å². The molecule has 2 aromatic rings. The Morgan fingerprint density at radius 1 is 1.47 bits per heavy atom. The third kappa shape index (κ3) is 2.13.